The fraction of sp³-hybridized carbons (Fsp3) is 0.400. The molecule has 194 valence electrons. The number of ether oxygens (including phenoxy) is 1. The average Bonchev–Trinajstić information content (AvgIpc) is 3.29. The highest BCUT2D eigenvalue weighted by atomic mass is 19.3. The van der Waals surface area contributed by atoms with Gasteiger partial charge in [0, 0.05) is 54.6 Å². The Morgan fingerprint density at radius 2 is 2.03 bits per heavy atom. The summed E-state index contributed by atoms with van der Waals surface area (Å²) in [6.45, 7) is 3.87. The Kier molecular flexibility index (Phi) is 5.70. The SMILES string of the molecule is Cc1c(-c2cc3cc(NC(=O)NC4C5CN(CC(F)F)CC54)ncc3c(N)c2F)cnc2c1NCCO2. The lowest BCUT2D eigenvalue weighted by molar-refractivity contribution is 0.0930. The number of nitrogens with two attached hydrogens (primary N) is 1. The monoisotopic (exact) mass is 513 g/mol. The number of hydrogen-bond donors (Lipinski definition) is 4. The van der Waals surface area contributed by atoms with Crippen molar-refractivity contribution >= 4 is 34.0 Å². The first-order valence-electron chi connectivity index (χ1n) is 12.1. The van der Waals surface area contributed by atoms with Crippen LogP contribution in [0.3, 0.4) is 0 Å². The number of pyridine rings is 2. The number of alkyl halides is 2. The smallest absolute Gasteiger partial charge is 0.320 e. The second kappa shape index (κ2) is 8.94. The molecule has 6 rings (SSSR count). The molecule has 2 amide bonds. The third kappa shape index (κ3) is 4.24. The zero-order valence-corrected chi connectivity index (χ0v) is 20.0. The Balaban J connectivity index is 1.21. The van der Waals surface area contributed by atoms with Crippen molar-refractivity contribution in [1.29, 1.82) is 0 Å². The molecule has 3 aromatic rings. The first kappa shape index (κ1) is 23.6. The number of rotatable bonds is 5. The predicted octanol–water partition coefficient (Wildman–Crippen LogP) is 3.45. The van der Waals surface area contributed by atoms with E-state index in [2.05, 4.69) is 25.9 Å². The van der Waals surface area contributed by atoms with E-state index in [4.69, 9.17) is 10.5 Å². The van der Waals surface area contributed by atoms with Crippen molar-refractivity contribution in [3.63, 3.8) is 0 Å². The molecule has 2 fully saturated rings. The van der Waals surface area contributed by atoms with Crippen LogP contribution in [0.2, 0.25) is 0 Å². The number of amides is 2. The molecule has 2 aliphatic heterocycles. The number of nitrogens with zero attached hydrogens (tertiary/aromatic N) is 3. The van der Waals surface area contributed by atoms with Crippen LogP contribution < -0.4 is 26.4 Å². The number of fused-ring (bicyclic) bond motifs is 3. The van der Waals surface area contributed by atoms with Crippen LogP contribution in [-0.4, -0.2) is 66.2 Å². The van der Waals surface area contributed by atoms with E-state index in [0.29, 0.717) is 48.5 Å². The van der Waals surface area contributed by atoms with Crippen molar-refractivity contribution in [3.05, 3.63) is 35.9 Å². The number of nitrogens with one attached hydrogen (secondary N) is 3. The minimum atomic E-state index is -2.35. The predicted molar refractivity (Wildman–Crippen MR) is 133 cm³/mol. The maximum Gasteiger partial charge on any atom is 0.320 e. The third-order valence-electron chi connectivity index (χ3n) is 7.44. The van der Waals surface area contributed by atoms with Gasteiger partial charge in [-0.1, -0.05) is 0 Å². The number of likely N-dealkylation sites (tertiary alicyclic amines) is 1. The van der Waals surface area contributed by atoms with E-state index >= 15 is 4.39 Å². The summed E-state index contributed by atoms with van der Waals surface area (Å²) < 4.78 is 46.1. The quantitative estimate of drug-likeness (QED) is 0.386. The summed E-state index contributed by atoms with van der Waals surface area (Å²) in [5.74, 6) is 0.559. The minimum Gasteiger partial charge on any atom is -0.474 e. The van der Waals surface area contributed by atoms with Crippen LogP contribution in [0.1, 0.15) is 5.56 Å². The number of carbonyl (C=O) groups is 1. The fourth-order valence-electron chi connectivity index (χ4n) is 5.53. The number of hydrogen-bond acceptors (Lipinski definition) is 7. The van der Waals surface area contributed by atoms with Gasteiger partial charge in [-0.15, -0.1) is 0 Å². The summed E-state index contributed by atoms with van der Waals surface area (Å²) in [5, 5.41) is 9.89. The second-order valence-electron chi connectivity index (χ2n) is 9.76. The Morgan fingerprint density at radius 1 is 1.24 bits per heavy atom. The molecular formula is C25H26F3N7O2. The van der Waals surface area contributed by atoms with Crippen LogP contribution in [0.25, 0.3) is 21.9 Å². The number of halogens is 3. The molecule has 2 aromatic heterocycles. The first-order valence-corrected chi connectivity index (χ1v) is 12.1. The molecule has 0 spiro atoms. The normalized spacial score (nSPS) is 22.2. The van der Waals surface area contributed by atoms with E-state index in [9.17, 15) is 13.6 Å². The van der Waals surface area contributed by atoms with Gasteiger partial charge in [-0.2, -0.15) is 0 Å². The van der Waals surface area contributed by atoms with Crippen LogP contribution in [0.4, 0.5) is 35.2 Å². The molecule has 4 heterocycles. The standard InChI is InChI=1S/C25H26F3N7O2/c1-11-14(6-32-24-22(11)30-2-3-37-24)13-4-12-5-19(31-7-15(12)21(29)20(13)28)33-25(36)34-23-16-8-35(9-17(16)23)10-18(26)27/h4-7,16-18,23,30H,2-3,8-10,29H2,1H3,(H2,31,33,34,36). The Labute approximate surface area is 210 Å². The minimum absolute atomic E-state index is 0.0391. The highest BCUT2D eigenvalue weighted by Gasteiger charge is 2.56. The molecular weight excluding hydrogens is 487 g/mol. The van der Waals surface area contributed by atoms with Crippen molar-refractivity contribution in [1.82, 2.24) is 20.2 Å². The molecule has 9 nitrogen and oxygen atoms in total. The molecule has 37 heavy (non-hydrogen) atoms. The van der Waals surface area contributed by atoms with Gasteiger partial charge in [0.1, 0.15) is 18.1 Å². The molecule has 1 saturated heterocycles. The van der Waals surface area contributed by atoms with Gasteiger partial charge in [-0.3, -0.25) is 10.2 Å². The van der Waals surface area contributed by atoms with Gasteiger partial charge in [-0.05, 0) is 41.8 Å². The number of carbonyl (C=O) groups excluding carboxylic acids is 1. The van der Waals surface area contributed by atoms with Gasteiger partial charge in [0.05, 0.1) is 12.2 Å². The average molecular weight is 514 g/mol. The maximum absolute atomic E-state index is 15.3. The summed E-state index contributed by atoms with van der Waals surface area (Å²) in [5.41, 5.74) is 8.46. The van der Waals surface area contributed by atoms with Crippen LogP contribution in [0.5, 0.6) is 5.88 Å². The molecule has 5 N–H and O–H groups in total. The largest absolute Gasteiger partial charge is 0.474 e. The van der Waals surface area contributed by atoms with Gasteiger partial charge in [0.15, 0.2) is 5.82 Å². The van der Waals surface area contributed by atoms with Gasteiger partial charge in [0.25, 0.3) is 6.43 Å². The van der Waals surface area contributed by atoms with Gasteiger partial charge < -0.3 is 21.1 Å². The Hall–Kier alpha value is -3.80. The van der Waals surface area contributed by atoms with Crippen molar-refractivity contribution < 1.29 is 22.7 Å². The van der Waals surface area contributed by atoms with E-state index < -0.39 is 18.3 Å². The number of urea groups is 1. The maximum atomic E-state index is 15.3. The number of nitrogen functional groups attached to an aromatic ring is 1. The molecule has 3 aliphatic rings. The summed E-state index contributed by atoms with van der Waals surface area (Å²) >= 11 is 0. The second-order valence-corrected chi connectivity index (χ2v) is 9.76. The third-order valence-corrected chi connectivity index (χ3v) is 7.44. The van der Waals surface area contributed by atoms with E-state index in [0.717, 1.165) is 11.3 Å². The highest BCUT2D eigenvalue weighted by molar-refractivity contribution is 6.00. The van der Waals surface area contributed by atoms with Crippen LogP contribution in [-0.2, 0) is 0 Å². The summed E-state index contributed by atoms with van der Waals surface area (Å²) in [4.78, 5) is 22.9. The number of anilines is 3. The van der Waals surface area contributed by atoms with Crippen molar-refractivity contribution in [2.75, 3.05) is 49.2 Å². The molecule has 1 aliphatic carbocycles. The molecule has 12 heteroatoms. The molecule has 1 aromatic carbocycles. The molecule has 2 atom stereocenters. The lowest BCUT2D eigenvalue weighted by Gasteiger charge is -2.22. The van der Waals surface area contributed by atoms with Crippen LogP contribution in [0, 0.1) is 24.6 Å². The van der Waals surface area contributed by atoms with Gasteiger partial charge in [0.2, 0.25) is 5.88 Å². The van der Waals surface area contributed by atoms with Crippen molar-refractivity contribution in [2.24, 2.45) is 11.8 Å². The highest BCUT2D eigenvalue weighted by Crippen LogP contribution is 2.45. The Morgan fingerprint density at radius 3 is 2.78 bits per heavy atom. The molecule has 1 saturated carbocycles. The number of piperidine rings is 1. The summed E-state index contributed by atoms with van der Waals surface area (Å²) in [6.07, 6.45) is 0.634. The number of benzene rings is 1. The van der Waals surface area contributed by atoms with Crippen molar-refractivity contribution in [3.8, 4) is 17.0 Å². The molecule has 0 bridgehead atoms. The van der Waals surface area contributed by atoms with E-state index in [1.54, 1.807) is 23.2 Å². The fourth-order valence-corrected chi connectivity index (χ4v) is 5.53. The zero-order valence-electron chi connectivity index (χ0n) is 20.0. The Bertz CT molecular complexity index is 1390. The first-order chi connectivity index (χ1) is 17.8. The van der Waals surface area contributed by atoms with Gasteiger partial charge in [-0.25, -0.2) is 27.9 Å². The van der Waals surface area contributed by atoms with Crippen molar-refractivity contribution in [2.45, 2.75) is 19.4 Å². The lowest BCUT2D eigenvalue weighted by Crippen LogP contribution is -2.38. The number of aromatic nitrogens is 2. The van der Waals surface area contributed by atoms with Crippen LogP contribution in [0.15, 0.2) is 24.5 Å². The zero-order chi connectivity index (χ0) is 25.8. The summed E-state index contributed by atoms with van der Waals surface area (Å²) in [7, 11) is 0. The van der Waals surface area contributed by atoms with E-state index in [-0.39, 0.29) is 41.5 Å². The molecule has 0 radical (unpaired) electrons. The molecule has 2 unspecified atom stereocenters. The topological polar surface area (TPSA) is 117 Å². The van der Waals surface area contributed by atoms with E-state index in [1.165, 1.54) is 6.20 Å². The van der Waals surface area contributed by atoms with Crippen LogP contribution >= 0.6 is 0 Å². The van der Waals surface area contributed by atoms with Gasteiger partial charge >= 0.3 is 6.03 Å². The summed E-state index contributed by atoms with van der Waals surface area (Å²) in [6, 6.07) is 2.83. The van der Waals surface area contributed by atoms with E-state index in [1.807, 2.05) is 6.92 Å². The lowest BCUT2D eigenvalue weighted by atomic mass is 9.97.